The van der Waals surface area contributed by atoms with Gasteiger partial charge in [0.1, 0.15) is 0 Å². The highest BCUT2D eigenvalue weighted by Gasteiger charge is 2.12. The highest BCUT2D eigenvalue weighted by atomic mass is 19.2. The molecule has 0 heterocycles. The standard InChI is InChI=1S/C17H19F2N/c1-12-5-2-3-6-13(12)9-10-15(20)11-14-7-4-8-16(18)17(14)19/h2-8,15H,9-11,20H2,1H3. The second-order valence-electron chi connectivity index (χ2n) is 5.14. The van der Waals surface area contributed by atoms with Crippen LogP contribution >= 0.6 is 0 Å². The molecule has 0 spiro atoms. The maximum absolute atomic E-state index is 13.6. The van der Waals surface area contributed by atoms with Crippen molar-refractivity contribution in [1.82, 2.24) is 0 Å². The summed E-state index contributed by atoms with van der Waals surface area (Å²) >= 11 is 0. The van der Waals surface area contributed by atoms with Gasteiger partial charge in [-0.05, 0) is 48.9 Å². The van der Waals surface area contributed by atoms with Crippen LogP contribution in [0.2, 0.25) is 0 Å². The Bertz CT molecular complexity index is 581. The third-order valence-corrected chi connectivity index (χ3v) is 3.56. The lowest BCUT2D eigenvalue weighted by Gasteiger charge is -2.13. The van der Waals surface area contributed by atoms with Crippen LogP contribution in [-0.2, 0) is 12.8 Å². The molecule has 2 aromatic rings. The molecule has 2 rings (SSSR count). The number of halogens is 2. The molecule has 20 heavy (non-hydrogen) atoms. The Morgan fingerprint density at radius 2 is 1.70 bits per heavy atom. The van der Waals surface area contributed by atoms with Crippen molar-refractivity contribution in [1.29, 1.82) is 0 Å². The summed E-state index contributed by atoms with van der Waals surface area (Å²) in [4.78, 5) is 0. The Morgan fingerprint density at radius 1 is 1.00 bits per heavy atom. The minimum absolute atomic E-state index is 0.175. The molecule has 1 unspecified atom stereocenters. The summed E-state index contributed by atoms with van der Waals surface area (Å²) in [5.41, 5.74) is 8.87. The number of rotatable bonds is 5. The van der Waals surface area contributed by atoms with Crippen LogP contribution in [0.4, 0.5) is 8.78 Å². The van der Waals surface area contributed by atoms with E-state index in [2.05, 4.69) is 19.1 Å². The molecule has 0 aliphatic heterocycles. The van der Waals surface area contributed by atoms with Crippen LogP contribution in [0, 0.1) is 18.6 Å². The maximum Gasteiger partial charge on any atom is 0.162 e. The van der Waals surface area contributed by atoms with E-state index in [1.165, 1.54) is 17.2 Å². The fourth-order valence-corrected chi connectivity index (χ4v) is 2.32. The summed E-state index contributed by atoms with van der Waals surface area (Å²) in [6.07, 6.45) is 1.96. The van der Waals surface area contributed by atoms with E-state index in [0.717, 1.165) is 18.9 Å². The molecule has 0 saturated heterocycles. The van der Waals surface area contributed by atoms with Gasteiger partial charge in [0.25, 0.3) is 0 Å². The molecule has 0 amide bonds. The monoisotopic (exact) mass is 275 g/mol. The summed E-state index contributed by atoms with van der Waals surface area (Å²) in [7, 11) is 0. The van der Waals surface area contributed by atoms with Gasteiger partial charge in [-0.25, -0.2) is 8.78 Å². The smallest absolute Gasteiger partial charge is 0.162 e. The van der Waals surface area contributed by atoms with E-state index >= 15 is 0 Å². The van der Waals surface area contributed by atoms with Crippen molar-refractivity contribution in [3.8, 4) is 0 Å². The minimum Gasteiger partial charge on any atom is -0.327 e. The predicted molar refractivity (Wildman–Crippen MR) is 77.5 cm³/mol. The zero-order valence-electron chi connectivity index (χ0n) is 11.6. The van der Waals surface area contributed by atoms with Crippen molar-refractivity contribution in [2.24, 2.45) is 5.73 Å². The van der Waals surface area contributed by atoms with Crippen molar-refractivity contribution in [2.75, 3.05) is 0 Å². The van der Waals surface area contributed by atoms with Crippen LogP contribution < -0.4 is 5.73 Å². The van der Waals surface area contributed by atoms with E-state index in [1.807, 2.05) is 12.1 Å². The van der Waals surface area contributed by atoms with Crippen LogP contribution in [0.25, 0.3) is 0 Å². The fraction of sp³-hybridized carbons (Fsp3) is 0.294. The molecule has 0 radical (unpaired) electrons. The van der Waals surface area contributed by atoms with Gasteiger partial charge in [0.15, 0.2) is 11.6 Å². The Morgan fingerprint density at radius 3 is 2.45 bits per heavy atom. The quantitative estimate of drug-likeness (QED) is 0.883. The lowest BCUT2D eigenvalue weighted by Crippen LogP contribution is -2.24. The highest BCUT2D eigenvalue weighted by molar-refractivity contribution is 5.26. The average Bonchev–Trinajstić information content (AvgIpc) is 2.43. The van der Waals surface area contributed by atoms with Gasteiger partial charge in [-0.2, -0.15) is 0 Å². The SMILES string of the molecule is Cc1ccccc1CCC(N)Cc1cccc(F)c1F. The number of benzene rings is 2. The molecule has 2 aromatic carbocycles. The highest BCUT2D eigenvalue weighted by Crippen LogP contribution is 2.15. The number of nitrogens with two attached hydrogens (primary N) is 1. The largest absolute Gasteiger partial charge is 0.327 e. The van der Waals surface area contributed by atoms with Gasteiger partial charge in [0, 0.05) is 6.04 Å². The van der Waals surface area contributed by atoms with Gasteiger partial charge in [-0.3, -0.25) is 0 Å². The zero-order chi connectivity index (χ0) is 14.5. The van der Waals surface area contributed by atoms with Gasteiger partial charge >= 0.3 is 0 Å². The van der Waals surface area contributed by atoms with Crippen molar-refractivity contribution in [3.05, 3.63) is 70.8 Å². The van der Waals surface area contributed by atoms with Crippen LogP contribution in [-0.4, -0.2) is 6.04 Å². The van der Waals surface area contributed by atoms with E-state index in [9.17, 15) is 8.78 Å². The van der Waals surface area contributed by atoms with Crippen molar-refractivity contribution in [2.45, 2.75) is 32.2 Å². The predicted octanol–water partition coefficient (Wildman–Crippen LogP) is 3.78. The van der Waals surface area contributed by atoms with Crippen molar-refractivity contribution in [3.63, 3.8) is 0 Å². The van der Waals surface area contributed by atoms with Gasteiger partial charge < -0.3 is 5.73 Å². The molecule has 0 aliphatic rings. The molecule has 0 saturated carbocycles. The van der Waals surface area contributed by atoms with Gasteiger partial charge in [0.05, 0.1) is 0 Å². The Balaban J connectivity index is 1.94. The molecule has 0 aromatic heterocycles. The maximum atomic E-state index is 13.6. The van der Waals surface area contributed by atoms with Gasteiger partial charge in [-0.1, -0.05) is 36.4 Å². The molecule has 3 heteroatoms. The molecule has 0 aliphatic carbocycles. The van der Waals surface area contributed by atoms with E-state index in [-0.39, 0.29) is 6.04 Å². The molecule has 1 nitrogen and oxygen atoms in total. The summed E-state index contributed by atoms with van der Waals surface area (Å²) in [6.45, 7) is 2.06. The second-order valence-corrected chi connectivity index (χ2v) is 5.14. The van der Waals surface area contributed by atoms with Crippen LogP contribution in [0.3, 0.4) is 0 Å². The van der Waals surface area contributed by atoms with Crippen LogP contribution in [0.5, 0.6) is 0 Å². The van der Waals surface area contributed by atoms with E-state index in [1.54, 1.807) is 6.07 Å². The van der Waals surface area contributed by atoms with Gasteiger partial charge in [0.2, 0.25) is 0 Å². The lowest BCUT2D eigenvalue weighted by atomic mass is 9.97. The number of hydrogen-bond acceptors (Lipinski definition) is 1. The van der Waals surface area contributed by atoms with Crippen molar-refractivity contribution >= 4 is 0 Å². The first-order valence-electron chi connectivity index (χ1n) is 6.81. The number of aryl methyl sites for hydroxylation is 2. The minimum atomic E-state index is -0.811. The second kappa shape index (κ2) is 6.62. The normalized spacial score (nSPS) is 12.4. The molecule has 1 atom stereocenters. The van der Waals surface area contributed by atoms with Crippen LogP contribution in [0.1, 0.15) is 23.1 Å². The Labute approximate surface area is 118 Å². The summed E-state index contributed by atoms with van der Waals surface area (Å²) in [5, 5.41) is 0. The average molecular weight is 275 g/mol. The molecule has 0 bridgehead atoms. The first kappa shape index (κ1) is 14.7. The fourth-order valence-electron chi connectivity index (χ4n) is 2.32. The molecular weight excluding hydrogens is 256 g/mol. The van der Waals surface area contributed by atoms with Crippen molar-refractivity contribution < 1.29 is 8.78 Å². The Kier molecular flexibility index (Phi) is 4.85. The summed E-state index contributed by atoms with van der Waals surface area (Å²) in [6, 6.07) is 12.2. The molecular formula is C17H19F2N. The van der Waals surface area contributed by atoms with E-state index in [4.69, 9.17) is 5.73 Å². The number of hydrogen-bond donors (Lipinski definition) is 1. The van der Waals surface area contributed by atoms with Gasteiger partial charge in [-0.15, -0.1) is 0 Å². The summed E-state index contributed by atoms with van der Waals surface area (Å²) < 4.78 is 26.7. The summed E-state index contributed by atoms with van der Waals surface area (Å²) in [5.74, 6) is -1.59. The van der Waals surface area contributed by atoms with Crippen LogP contribution in [0.15, 0.2) is 42.5 Å². The third kappa shape index (κ3) is 3.64. The molecule has 106 valence electrons. The lowest BCUT2D eigenvalue weighted by molar-refractivity contribution is 0.490. The van der Waals surface area contributed by atoms with E-state index < -0.39 is 11.6 Å². The molecule has 0 fully saturated rings. The topological polar surface area (TPSA) is 26.0 Å². The Hall–Kier alpha value is -1.74. The molecule has 2 N–H and O–H groups in total. The zero-order valence-corrected chi connectivity index (χ0v) is 11.6. The third-order valence-electron chi connectivity index (χ3n) is 3.56. The van der Waals surface area contributed by atoms with E-state index in [0.29, 0.717) is 12.0 Å². The first-order chi connectivity index (χ1) is 9.58. The first-order valence-corrected chi connectivity index (χ1v) is 6.81.